The molecule has 0 spiro atoms. The predicted molar refractivity (Wildman–Crippen MR) is 110 cm³/mol. The number of aromatic nitrogens is 1. The fraction of sp³-hybridized carbons (Fsp3) is 0.190. The summed E-state index contributed by atoms with van der Waals surface area (Å²) in [6.07, 6.45) is 0. The predicted octanol–water partition coefficient (Wildman–Crippen LogP) is 3.73. The second-order valence-corrected chi connectivity index (χ2v) is 7.33. The van der Waals surface area contributed by atoms with Gasteiger partial charge in [-0.25, -0.2) is 4.98 Å². The van der Waals surface area contributed by atoms with Crippen LogP contribution in [0.4, 0.5) is 11.4 Å². The van der Waals surface area contributed by atoms with E-state index in [1.807, 2.05) is 42.6 Å². The molecule has 2 aromatic carbocycles. The number of anilines is 2. The molecule has 0 radical (unpaired) electrons. The van der Waals surface area contributed by atoms with Crippen LogP contribution in [0.15, 0.2) is 53.9 Å². The van der Waals surface area contributed by atoms with Gasteiger partial charge in [0.1, 0.15) is 11.6 Å². The molecule has 7 heteroatoms. The van der Waals surface area contributed by atoms with E-state index in [-0.39, 0.29) is 18.4 Å². The molecule has 0 bridgehead atoms. The molecule has 4 rings (SSSR count). The number of carbonyl (C=O) groups excluding carboxylic acids is 2. The van der Waals surface area contributed by atoms with Gasteiger partial charge in [0.05, 0.1) is 6.61 Å². The van der Waals surface area contributed by atoms with Crippen molar-refractivity contribution >= 4 is 34.5 Å². The molecule has 0 aliphatic carbocycles. The number of hydrogen-bond donors (Lipinski definition) is 1. The molecule has 2 heterocycles. The van der Waals surface area contributed by atoms with Crippen molar-refractivity contribution in [1.82, 2.24) is 4.98 Å². The lowest BCUT2D eigenvalue weighted by molar-refractivity contribution is -0.125. The lowest BCUT2D eigenvalue weighted by atomic mass is 10.1. The smallest absolute Gasteiger partial charge is 0.255 e. The molecular weight excluding hydrogens is 374 g/mol. The van der Waals surface area contributed by atoms with E-state index in [9.17, 15) is 9.59 Å². The molecule has 2 amide bonds. The van der Waals surface area contributed by atoms with Crippen LogP contribution in [0.3, 0.4) is 0 Å². The van der Waals surface area contributed by atoms with Gasteiger partial charge in [0.25, 0.3) is 11.8 Å². The molecule has 0 atom stereocenters. The van der Waals surface area contributed by atoms with Crippen molar-refractivity contribution in [3.8, 4) is 10.6 Å². The average Bonchev–Trinajstić information content (AvgIpc) is 3.16. The quantitative estimate of drug-likeness (QED) is 0.733. The maximum absolute atomic E-state index is 12.6. The summed E-state index contributed by atoms with van der Waals surface area (Å²) in [7, 11) is 0. The zero-order valence-corrected chi connectivity index (χ0v) is 16.2. The Morgan fingerprint density at radius 2 is 2.04 bits per heavy atom. The molecule has 0 saturated carbocycles. The number of carbonyl (C=O) groups is 2. The van der Waals surface area contributed by atoms with Crippen molar-refractivity contribution in [2.45, 2.75) is 6.92 Å². The molecule has 1 N–H and O–H groups in total. The topological polar surface area (TPSA) is 71.5 Å². The van der Waals surface area contributed by atoms with Crippen molar-refractivity contribution in [3.63, 3.8) is 0 Å². The molecule has 28 heavy (non-hydrogen) atoms. The Morgan fingerprint density at radius 3 is 2.75 bits per heavy atom. The van der Waals surface area contributed by atoms with E-state index in [4.69, 9.17) is 4.74 Å². The first-order valence-electron chi connectivity index (χ1n) is 8.92. The Hall–Kier alpha value is -3.03. The normalized spacial score (nSPS) is 14.2. The zero-order chi connectivity index (χ0) is 19.5. The second kappa shape index (κ2) is 7.92. The number of rotatable bonds is 4. The summed E-state index contributed by atoms with van der Waals surface area (Å²) in [4.78, 5) is 30.7. The summed E-state index contributed by atoms with van der Waals surface area (Å²) in [5, 5.41) is 5.78. The van der Waals surface area contributed by atoms with E-state index >= 15 is 0 Å². The van der Waals surface area contributed by atoms with Crippen LogP contribution in [0.1, 0.15) is 16.1 Å². The minimum atomic E-state index is -0.190. The first kappa shape index (κ1) is 18.3. The van der Waals surface area contributed by atoms with Gasteiger partial charge >= 0.3 is 0 Å². The average molecular weight is 393 g/mol. The molecule has 1 aliphatic heterocycles. The lowest BCUT2D eigenvalue weighted by Gasteiger charge is -2.26. The lowest BCUT2D eigenvalue weighted by Crippen LogP contribution is -2.41. The number of nitrogens with zero attached hydrogens (tertiary/aromatic N) is 2. The number of ether oxygens (including phenoxy) is 1. The van der Waals surface area contributed by atoms with E-state index in [1.165, 1.54) is 0 Å². The van der Waals surface area contributed by atoms with Gasteiger partial charge in [0.15, 0.2) is 0 Å². The largest absolute Gasteiger partial charge is 0.370 e. The highest BCUT2D eigenvalue weighted by Gasteiger charge is 2.20. The first-order valence-corrected chi connectivity index (χ1v) is 9.80. The number of nitrogens with one attached hydrogen (secondary N) is 1. The van der Waals surface area contributed by atoms with Crippen LogP contribution in [0, 0.1) is 6.92 Å². The fourth-order valence-corrected chi connectivity index (χ4v) is 3.79. The zero-order valence-electron chi connectivity index (χ0n) is 15.3. The van der Waals surface area contributed by atoms with E-state index in [2.05, 4.69) is 10.3 Å². The minimum absolute atomic E-state index is 0.0581. The van der Waals surface area contributed by atoms with Crippen molar-refractivity contribution in [2.75, 3.05) is 30.0 Å². The van der Waals surface area contributed by atoms with Gasteiger partial charge in [0, 0.05) is 40.1 Å². The summed E-state index contributed by atoms with van der Waals surface area (Å²) < 4.78 is 5.15. The first-order chi connectivity index (χ1) is 13.6. The minimum Gasteiger partial charge on any atom is -0.370 e. The van der Waals surface area contributed by atoms with E-state index < -0.39 is 0 Å². The van der Waals surface area contributed by atoms with Crippen LogP contribution in [0.2, 0.25) is 0 Å². The van der Waals surface area contributed by atoms with Crippen LogP contribution < -0.4 is 10.2 Å². The van der Waals surface area contributed by atoms with Crippen molar-refractivity contribution in [2.24, 2.45) is 0 Å². The molecule has 1 aromatic heterocycles. The summed E-state index contributed by atoms with van der Waals surface area (Å²) >= 11 is 1.56. The number of thiazole rings is 1. The molecule has 1 aliphatic rings. The van der Waals surface area contributed by atoms with Crippen molar-refractivity contribution in [1.29, 1.82) is 0 Å². The molecule has 0 unspecified atom stereocenters. The van der Waals surface area contributed by atoms with Crippen LogP contribution in [-0.4, -0.2) is 36.6 Å². The second-order valence-electron chi connectivity index (χ2n) is 6.47. The van der Waals surface area contributed by atoms with Gasteiger partial charge < -0.3 is 15.0 Å². The Bertz CT molecular complexity index is 1010. The highest BCUT2D eigenvalue weighted by Crippen LogP contribution is 2.25. The van der Waals surface area contributed by atoms with Crippen molar-refractivity contribution in [3.05, 3.63) is 65.2 Å². The van der Waals surface area contributed by atoms with Gasteiger partial charge in [0.2, 0.25) is 0 Å². The van der Waals surface area contributed by atoms with Gasteiger partial charge in [-0.15, -0.1) is 11.3 Å². The van der Waals surface area contributed by atoms with Crippen molar-refractivity contribution < 1.29 is 14.3 Å². The molecule has 1 saturated heterocycles. The summed E-state index contributed by atoms with van der Waals surface area (Å²) in [6.45, 7) is 3.12. The van der Waals surface area contributed by atoms with E-state index in [0.29, 0.717) is 24.4 Å². The summed E-state index contributed by atoms with van der Waals surface area (Å²) in [5.74, 6) is -0.248. The SMILES string of the molecule is Cc1csc(-c2cccc(C(=O)Nc3ccc(N4CCOCC4=O)cc3)c2)n1. The van der Waals surface area contributed by atoms with Gasteiger partial charge in [-0.2, -0.15) is 0 Å². The Morgan fingerprint density at radius 1 is 1.21 bits per heavy atom. The summed E-state index contributed by atoms with van der Waals surface area (Å²) in [5.41, 5.74) is 3.93. The van der Waals surface area contributed by atoms with Crippen LogP contribution in [0.5, 0.6) is 0 Å². The number of hydrogen-bond acceptors (Lipinski definition) is 5. The standard InChI is InChI=1S/C21H19N3O3S/c1-14-13-28-21(22-14)16-4-2-3-15(11-16)20(26)23-17-5-7-18(8-6-17)24-9-10-27-12-19(24)25/h2-8,11,13H,9-10,12H2,1H3,(H,23,26). The van der Waals surface area contributed by atoms with Crippen LogP contribution in [0.25, 0.3) is 10.6 Å². The molecule has 142 valence electrons. The monoisotopic (exact) mass is 393 g/mol. The Balaban J connectivity index is 1.47. The Labute approximate surface area is 166 Å². The maximum Gasteiger partial charge on any atom is 0.255 e. The summed E-state index contributed by atoms with van der Waals surface area (Å²) in [6, 6.07) is 14.7. The molecule has 6 nitrogen and oxygen atoms in total. The van der Waals surface area contributed by atoms with E-state index in [0.717, 1.165) is 22.0 Å². The molecule has 1 fully saturated rings. The molecule has 3 aromatic rings. The highest BCUT2D eigenvalue weighted by atomic mass is 32.1. The highest BCUT2D eigenvalue weighted by molar-refractivity contribution is 7.13. The third kappa shape index (κ3) is 3.95. The van der Waals surface area contributed by atoms with E-state index in [1.54, 1.807) is 34.4 Å². The third-order valence-corrected chi connectivity index (χ3v) is 5.42. The number of morpholine rings is 1. The number of aryl methyl sites for hydroxylation is 1. The van der Waals surface area contributed by atoms with Gasteiger partial charge in [-0.3, -0.25) is 9.59 Å². The number of benzene rings is 2. The third-order valence-electron chi connectivity index (χ3n) is 4.41. The van der Waals surface area contributed by atoms with Crippen LogP contribution >= 0.6 is 11.3 Å². The van der Waals surface area contributed by atoms with Crippen LogP contribution in [-0.2, 0) is 9.53 Å². The maximum atomic E-state index is 12.6. The van der Waals surface area contributed by atoms with Gasteiger partial charge in [-0.1, -0.05) is 12.1 Å². The molecular formula is C21H19N3O3S. The Kier molecular flexibility index (Phi) is 5.18. The fourth-order valence-electron chi connectivity index (χ4n) is 3.00. The number of amides is 2. The van der Waals surface area contributed by atoms with Gasteiger partial charge in [-0.05, 0) is 43.3 Å².